The third-order valence-corrected chi connectivity index (χ3v) is 3.57. The highest BCUT2D eigenvalue weighted by molar-refractivity contribution is 9.10. The van der Waals surface area contributed by atoms with E-state index in [0.29, 0.717) is 19.4 Å². The van der Waals surface area contributed by atoms with E-state index in [9.17, 15) is 4.79 Å². The fourth-order valence-corrected chi connectivity index (χ4v) is 2.46. The van der Waals surface area contributed by atoms with Crippen LogP contribution in [0.5, 0.6) is 0 Å². The van der Waals surface area contributed by atoms with Gasteiger partial charge in [0.2, 0.25) is 5.91 Å². The second kappa shape index (κ2) is 8.72. The summed E-state index contributed by atoms with van der Waals surface area (Å²) in [4.78, 5) is 13.8. The zero-order valence-electron chi connectivity index (χ0n) is 11.8. The molecule has 0 saturated carbocycles. The maximum Gasteiger partial charge on any atom is 0.226 e. The van der Waals surface area contributed by atoms with Crippen molar-refractivity contribution >= 4 is 21.8 Å². The fourth-order valence-electron chi connectivity index (χ4n) is 2.02. The molecule has 1 aromatic rings. The average Bonchev–Trinajstić information content (AvgIpc) is 2.43. The standard InChI is InChI=1S/C15H19BrN2O2/c1-18(8-7-17)15(19)13(6-9-20-2)10-12-4-3-5-14(16)11-12/h3-5,11,13H,6,8-10H2,1-2H3. The van der Waals surface area contributed by atoms with E-state index in [2.05, 4.69) is 15.9 Å². The van der Waals surface area contributed by atoms with E-state index in [1.807, 2.05) is 30.3 Å². The number of methoxy groups -OCH3 is 1. The van der Waals surface area contributed by atoms with Crippen molar-refractivity contribution in [3.05, 3.63) is 34.3 Å². The molecule has 0 aliphatic heterocycles. The average molecular weight is 339 g/mol. The molecule has 0 heterocycles. The van der Waals surface area contributed by atoms with Gasteiger partial charge in [0.1, 0.15) is 6.54 Å². The summed E-state index contributed by atoms with van der Waals surface area (Å²) in [6.45, 7) is 0.644. The van der Waals surface area contributed by atoms with Gasteiger partial charge in [-0.2, -0.15) is 5.26 Å². The summed E-state index contributed by atoms with van der Waals surface area (Å²) < 4.78 is 6.08. The molecule has 0 saturated heterocycles. The number of benzene rings is 1. The Bertz CT molecular complexity index is 485. The molecule has 108 valence electrons. The van der Waals surface area contributed by atoms with Crippen LogP contribution in [-0.4, -0.2) is 38.1 Å². The minimum atomic E-state index is -0.164. The van der Waals surface area contributed by atoms with Crippen LogP contribution in [0.4, 0.5) is 0 Å². The van der Waals surface area contributed by atoms with Crippen LogP contribution in [-0.2, 0) is 16.0 Å². The lowest BCUT2D eigenvalue weighted by Crippen LogP contribution is -2.34. The first-order valence-corrected chi connectivity index (χ1v) is 7.23. The van der Waals surface area contributed by atoms with Crippen LogP contribution in [0.15, 0.2) is 28.7 Å². The third kappa shape index (κ3) is 5.32. The van der Waals surface area contributed by atoms with Crippen LogP contribution in [0.2, 0.25) is 0 Å². The Morgan fingerprint density at radius 2 is 2.30 bits per heavy atom. The highest BCUT2D eigenvalue weighted by atomic mass is 79.9. The zero-order valence-corrected chi connectivity index (χ0v) is 13.4. The van der Waals surface area contributed by atoms with Gasteiger partial charge < -0.3 is 9.64 Å². The Labute approximate surface area is 128 Å². The van der Waals surface area contributed by atoms with E-state index in [4.69, 9.17) is 10.00 Å². The molecular weight excluding hydrogens is 320 g/mol. The van der Waals surface area contributed by atoms with Crippen molar-refractivity contribution < 1.29 is 9.53 Å². The minimum Gasteiger partial charge on any atom is -0.385 e. The molecule has 4 nitrogen and oxygen atoms in total. The lowest BCUT2D eigenvalue weighted by atomic mass is 9.95. The van der Waals surface area contributed by atoms with Crippen LogP contribution >= 0.6 is 15.9 Å². The number of halogens is 1. The molecular formula is C15H19BrN2O2. The van der Waals surface area contributed by atoms with Gasteiger partial charge in [0.05, 0.1) is 6.07 Å². The van der Waals surface area contributed by atoms with Crippen LogP contribution in [0, 0.1) is 17.2 Å². The quantitative estimate of drug-likeness (QED) is 0.718. The number of rotatable bonds is 7. The summed E-state index contributed by atoms with van der Waals surface area (Å²) in [6.07, 6.45) is 1.30. The normalized spacial score (nSPS) is 11.7. The number of carbonyl (C=O) groups is 1. The molecule has 1 rings (SSSR count). The van der Waals surface area contributed by atoms with Crippen molar-refractivity contribution in [2.45, 2.75) is 12.8 Å². The Hall–Kier alpha value is -1.38. The van der Waals surface area contributed by atoms with Crippen LogP contribution in [0.1, 0.15) is 12.0 Å². The van der Waals surface area contributed by atoms with E-state index >= 15 is 0 Å². The number of hydrogen-bond donors (Lipinski definition) is 0. The number of ether oxygens (including phenoxy) is 1. The fraction of sp³-hybridized carbons (Fsp3) is 0.467. The van der Waals surface area contributed by atoms with Crippen LogP contribution in [0.25, 0.3) is 0 Å². The smallest absolute Gasteiger partial charge is 0.226 e. The minimum absolute atomic E-state index is 0.0106. The maximum absolute atomic E-state index is 12.3. The summed E-state index contributed by atoms with van der Waals surface area (Å²) in [5, 5.41) is 8.69. The lowest BCUT2D eigenvalue weighted by Gasteiger charge is -2.22. The van der Waals surface area contributed by atoms with E-state index < -0.39 is 0 Å². The van der Waals surface area contributed by atoms with E-state index in [1.165, 1.54) is 4.90 Å². The number of amides is 1. The SMILES string of the molecule is COCCC(Cc1cccc(Br)c1)C(=O)N(C)CC#N. The molecule has 0 aliphatic carbocycles. The highest BCUT2D eigenvalue weighted by Gasteiger charge is 2.22. The monoisotopic (exact) mass is 338 g/mol. The predicted octanol–water partition coefficient (Wildman–Crippen LogP) is 2.63. The largest absolute Gasteiger partial charge is 0.385 e. The van der Waals surface area contributed by atoms with E-state index in [-0.39, 0.29) is 18.4 Å². The lowest BCUT2D eigenvalue weighted by molar-refractivity contribution is -0.134. The van der Waals surface area contributed by atoms with Gasteiger partial charge in [-0.3, -0.25) is 4.79 Å². The van der Waals surface area contributed by atoms with Gasteiger partial charge in [0.15, 0.2) is 0 Å². The first kappa shape index (κ1) is 16.7. The van der Waals surface area contributed by atoms with Crippen molar-refractivity contribution in [2.75, 3.05) is 27.3 Å². The molecule has 1 aromatic carbocycles. The molecule has 0 spiro atoms. The van der Waals surface area contributed by atoms with Crippen molar-refractivity contribution in [2.24, 2.45) is 5.92 Å². The van der Waals surface area contributed by atoms with Crippen molar-refractivity contribution in [1.82, 2.24) is 4.90 Å². The Kier molecular flexibility index (Phi) is 7.27. The molecule has 1 amide bonds. The number of hydrogen-bond acceptors (Lipinski definition) is 3. The zero-order chi connectivity index (χ0) is 15.0. The Morgan fingerprint density at radius 1 is 1.55 bits per heavy atom. The van der Waals surface area contributed by atoms with Gasteiger partial charge >= 0.3 is 0 Å². The highest BCUT2D eigenvalue weighted by Crippen LogP contribution is 2.18. The predicted molar refractivity (Wildman–Crippen MR) is 81.1 cm³/mol. The molecule has 0 fully saturated rings. The Balaban J connectivity index is 2.78. The van der Waals surface area contributed by atoms with Crippen molar-refractivity contribution in [3.8, 4) is 6.07 Å². The first-order chi connectivity index (χ1) is 9.58. The van der Waals surface area contributed by atoms with Crippen molar-refractivity contribution in [1.29, 1.82) is 5.26 Å². The number of nitrogens with zero attached hydrogens (tertiary/aromatic N) is 2. The third-order valence-electron chi connectivity index (χ3n) is 3.07. The maximum atomic E-state index is 12.3. The van der Waals surface area contributed by atoms with Crippen LogP contribution < -0.4 is 0 Å². The number of carbonyl (C=O) groups excluding carboxylic acids is 1. The van der Waals surface area contributed by atoms with Gasteiger partial charge in [-0.25, -0.2) is 0 Å². The molecule has 0 radical (unpaired) electrons. The molecule has 1 unspecified atom stereocenters. The van der Waals surface area contributed by atoms with Crippen LogP contribution in [0.3, 0.4) is 0 Å². The van der Waals surface area contributed by atoms with Gasteiger partial charge in [0, 0.05) is 31.2 Å². The van der Waals surface area contributed by atoms with E-state index in [0.717, 1.165) is 10.0 Å². The summed E-state index contributed by atoms with van der Waals surface area (Å²) in [5.74, 6) is -0.175. The summed E-state index contributed by atoms with van der Waals surface area (Å²) in [5.41, 5.74) is 1.10. The Morgan fingerprint density at radius 3 is 2.90 bits per heavy atom. The molecule has 0 aliphatic rings. The molecule has 5 heteroatoms. The topological polar surface area (TPSA) is 53.3 Å². The van der Waals surface area contributed by atoms with Gasteiger partial charge in [-0.1, -0.05) is 28.1 Å². The molecule has 1 atom stereocenters. The molecule has 20 heavy (non-hydrogen) atoms. The summed E-state index contributed by atoms with van der Waals surface area (Å²) in [6, 6.07) is 9.92. The molecule has 0 aromatic heterocycles. The van der Waals surface area contributed by atoms with Gasteiger partial charge in [0.25, 0.3) is 0 Å². The second-order valence-electron chi connectivity index (χ2n) is 4.66. The summed E-state index contributed by atoms with van der Waals surface area (Å²) in [7, 11) is 3.28. The van der Waals surface area contributed by atoms with Gasteiger partial charge in [-0.05, 0) is 30.5 Å². The van der Waals surface area contributed by atoms with Gasteiger partial charge in [-0.15, -0.1) is 0 Å². The first-order valence-electron chi connectivity index (χ1n) is 6.43. The second-order valence-corrected chi connectivity index (χ2v) is 5.58. The van der Waals surface area contributed by atoms with E-state index in [1.54, 1.807) is 14.2 Å². The summed E-state index contributed by atoms with van der Waals surface area (Å²) >= 11 is 3.43. The van der Waals surface area contributed by atoms with Crippen molar-refractivity contribution in [3.63, 3.8) is 0 Å². The number of nitriles is 1. The molecule has 0 bridgehead atoms. The molecule has 0 N–H and O–H groups in total.